The molecule has 1 heterocycles. The second-order valence-electron chi connectivity index (χ2n) is 11.1. The molecule has 0 radical (unpaired) electrons. The number of rotatable bonds is 12. The first-order chi connectivity index (χ1) is 20.1. The van der Waals surface area contributed by atoms with E-state index in [0.29, 0.717) is 18.4 Å². The molecule has 2 aliphatic rings. The topological polar surface area (TPSA) is 59.1 Å². The van der Waals surface area contributed by atoms with Gasteiger partial charge < -0.3 is 15.1 Å². The zero-order valence-corrected chi connectivity index (χ0v) is 27.3. The van der Waals surface area contributed by atoms with E-state index in [9.17, 15) is 9.59 Å². The van der Waals surface area contributed by atoms with Gasteiger partial charge in [-0.25, -0.2) is 5.01 Å². The minimum atomic E-state index is -0.275. The molecule has 2 amide bonds. The van der Waals surface area contributed by atoms with Crippen molar-refractivity contribution in [1.82, 2.24) is 25.1 Å². The Kier molecular flexibility index (Phi) is 18.1. The Bertz CT molecular complexity index is 1060. The molecular formula is C35H55N5O2. The van der Waals surface area contributed by atoms with Gasteiger partial charge in [0.1, 0.15) is 6.17 Å². The minimum absolute atomic E-state index is 0.0889. The summed E-state index contributed by atoms with van der Waals surface area (Å²) in [5.41, 5.74) is 5.53. The van der Waals surface area contributed by atoms with Gasteiger partial charge in [-0.15, -0.1) is 5.73 Å². The lowest BCUT2D eigenvalue weighted by molar-refractivity contribution is -0.183. The van der Waals surface area contributed by atoms with E-state index < -0.39 is 0 Å². The van der Waals surface area contributed by atoms with Crippen molar-refractivity contribution in [2.45, 2.75) is 65.6 Å². The number of amides is 2. The Balaban J connectivity index is 0.000000478. The maximum atomic E-state index is 12.7. The lowest BCUT2D eigenvalue weighted by atomic mass is 10.0. The van der Waals surface area contributed by atoms with Crippen molar-refractivity contribution in [1.29, 1.82) is 0 Å². The first-order valence-corrected chi connectivity index (χ1v) is 15.1. The van der Waals surface area contributed by atoms with Crippen LogP contribution in [0.2, 0.25) is 0 Å². The number of carbonyl (C=O) groups is 2. The Morgan fingerprint density at radius 1 is 1.24 bits per heavy atom. The first-order valence-electron chi connectivity index (χ1n) is 15.1. The van der Waals surface area contributed by atoms with E-state index >= 15 is 0 Å². The fraction of sp³-hybridized carbons (Fsp3) is 0.514. The molecule has 7 heteroatoms. The number of allylic oxidation sites excluding steroid dienone is 4. The van der Waals surface area contributed by atoms with Crippen LogP contribution in [0.5, 0.6) is 0 Å². The van der Waals surface area contributed by atoms with Gasteiger partial charge in [0.05, 0.1) is 6.54 Å². The molecule has 7 nitrogen and oxygen atoms in total. The summed E-state index contributed by atoms with van der Waals surface area (Å²) in [6.07, 6.45) is 14.5. The van der Waals surface area contributed by atoms with Crippen molar-refractivity contribution in [3.05, 3.63) is 90.2 Å². The van der Waals surface area contributed by atoms with Crippen LogP contribution in [0.1, 0.15) is 58.9 Å². The van der Waals surface area contributed by atoms with E-state index in [-0.39, 0.29) is 24.7 Å². The predicted octanol–water partition coefficient (Wildman–Crippen LogP) is 5.63. The number of nitrogens with zero attached hydrogens (tertiary/aromatic N) is 4. The van der Waals surface area contributed by atoms with Crippen LogP contribution < -0.4 is 5.32 Å². The predicted molar refractivity (Wildman–Crippen MR) is 177 cm³/mol. The number of carbonyl (C=O) groups excluding carboxylic acids is 2. The summed E-state index contributed by atoms with van der Waals surface area (Å²) in [7, 11) is 5.83. The average Bonchev–Trinajstić information content (AvgIpc) is 3.37. The highest BCUT2D eigenvalue weighted by molar-refractivity contribution is 5.80. The number of hydrogen-bond donors (Lipinski definition) is 1. The molecule has 1 saturated heterocycles. The van der Waals surface area contributed by atoms with Crippen molar-refractivity contribution < 1.29 is 9.59 Å². The van der Waals surface area contributed by atoms with Crippen LogP contribution >= 0.6 is 0 Å². The number of nitrogens with one attached hydrogen (secondary N) is 1. The van der Waals surface area contributed by atoms with Crippen LogP contribution in [-0.2, 0) is 9.59 Å². The van der Waals surface area contributed by atoms with Gasteiger partial charge in [0, 0.05) is 32.7 Å². The number of likely N-dealkylation sites (N-methyl/N-ethyl adjacent to an activating group) is 3. The Hall–Kier alpha value is -3.22. The third-order valence-corrected chi connectivity index (χ3v) is 7.24. The van der Waals surface area contributed by atoms with Gasteiger partial charge in [-0.3, -0.25) is 14.6 Å². The largest absolute Gasteiger partial charge is 0.316 e. The van der Waals surface area contributed by atoms with Gasteiger partial charge in [-0.1, -0.05) is 88.4 Å². The zero-order chi connectivity index (χ0) is 31.5. The van der Waals surface area contributed by atoms with E-state index in [1.165, 1.54) is 11.1 Å². The van der Waals surface area contributed by atoms with Gasteiger partial charge in [0.2, 0.25) is 12.3 Å². The molecule has 1 fully saturated rings. The second kappa shape index (κ2) is 20.6. The van der Waals surface area contributed by atoms with E-state index in [4.69, 9.17) is 0 Å². The molecule has 232 valence electrons. The Morgan fingerprint density at radius 2 is 1.93 bits per heavy atom. The molecule has 0 aromatic heterocycles. The lowest BCUT2D eigenvalue weighted by Gasteiger charge is -2.49. The molecule has 1 aliphatic carbocycles. The van der Waals surface area contributed by atoms with E-state index in [1.807, 2.05) is 31.0 Å². The quantitative estimate of drug-likeness (QED) is 0.198. The summed E-state index contributed by atoms with van der Waals surface area (Å²) in [6, 6.07) is 10.5. The van der Waals surface area contributed by atoms with Gasteiger partial charge in [0.15, 0.2) is 0 Å². The van der Waals surface area contributed by atoms with E-state index in [0.717, 1.165) is 32.3 Å². The monoisotopic (exact) mass is 577 g/mol. The molecule has 1 aliphatic heterocycles. The van der Waals surface area contributed by atoms with Crippen molar-refractivity contribution in [2.75, 3.05) is 47.3 Å². The summed E-state index contributed by atoms with van der Waals surface area (Å²) in [6.45, 7) is 16.7. The maximum Gasteiger partial charge on any atom is 0.240 e. The van der Waals surface area contributed by atoms with Crippen LogP contribution in [0.4, 0.5) is 0 Å². The summed E-state index contributed by atoms with van der Waals surface area (Å²) in [4.78, 5) is 28.6. The molecule has 1 aromatic rings. The summed E-state index contributed by atoms with van der Waals surface area (Å²) in [5.74, 6) is 1.11. The third-order valence-electron chi connectivity index (χ3n) is 7.24. The van der Waals surface area contributed by atoms with Crippen LogP contribution in [0.3, 0.4) is 0 Å². The van der Waals surface area contributed by atoms with Crippen LogP contribution in [0.15, 0.2) is 84.7 Å². The van der Waals surface area contributed by atoms with Crippen LogP contribution in [-0.4, -0.2) is 91.7 Å². The smallest absolute Gasteiger partial charge is 0.240 e. The molecule has 0 saturated carbocycles. The molecule has 42 heavy (non-hydrogen) atoms. The average molecular weight is 578 g/mol. The Labute approximate surface area is 255 Å². The first kappa shape index (κ1) is 36.8. The summed E-state index contributed by atoms with van der Waals surface area (Å²) in [5, 5.41) is 6.50. The second-order valence-corrected chi connectivity index (χ2v) is 11.1. The minimum Gasteiger partial charge on any atom is -0.316 e. The van der Waals surface area contributed by atoms with Crippen molar-refractivity contribution in [2.24, 2.45) is 5.92 Å². The van der Waals surface area contributed by atoms with Crippen molar-refractivity contribution in [3.63, 3.8) is 0 Å². The van der Waals surface area contributed by atoms with Crippen molar-refractivity contribution >= 4 is 12.3 Å². The Morgan fingerprint density at radius 3 is 2.43 bits per heavy atom. The van der Waals surface area contributed by atoms with E-state index in [1.54, 1.807) is 29.2 Å². The molecule has 1 aromatic carbocycles. The standard InChI is InChI=1S/C21H34N4O2.C8H13N.C6H8/c1-6-10-18(3)25-20(24(16-26)23(5)15-21(25)27)14-22(4)13-17(2)19-11-8-7-9-12-19;1-7-3-4-8(5-7)6-9-2;1-3-5-6-4-2/h7-9,11-12,16-18,20H,6,10,13-15H2,1-5H3;3-5,7,9H,6H2,1-2H3;3-5H,1H2,2H3/t17?,18-,20?;;/m1../s1. The van der Waals surface area contributed by atoms with Crippen molar-refractivity contribution in [3.8, 4) is 0 Å². The normalized spacial score (nSPS) is 19.5. The SMILES string of the molecule is C=CC=C=CC.CCC[C@@H](C)N1C(=O)CN(C)N(C=O)C1CN(C)CC(C)c1ccccc1.CNCC1=CC(C)C=C1. The number of benzene rings is 1. The van der Waals surface area contributed by atoms with Gasteiger partial charge in [0.25, 0.3) is 0 Å². The number of hydrazine groups is 1. The van der Waals surface area contributed by atoms with E-state index in [2.05, 4.69) is 99.8 Å². The van der Waals surface area contributed by atoms with Gasteiger partial charge >= 0.3 is 0 Å². The molecule has 3 unspecified atom stereocenters. The highest BCUT2D eigenvalue weighted by atomic mass is 16.2. The molecule has 1 N–H and O–H groups in total. The summed E-state index contributed by atoms with van der Waals surface area (Å²) < 4.78 is 0. The molecule has 0 bridgehead atoms. The lowest BCUT2D eigenvalue weighted by Crippen LogP contribution is -2.68. The fourth-order valence-corrected chi connectivity index (χ4v) is 5.22. The molecule has 4 atom stereocenters. The molecular weight excluding hydrogens is 522 g/mol. The maximum absolute atomic E-state index is 12.7. The van der Waals surface area contributed by atoms with Gasteiger partial charge in [-0.2, -0.15) is 0 Å². The highest BCUT2D eigenvalue weighted by Crippen LogP contribution is 2.22. The summed E-state index contributed by atoms with van der Waals surface area (Å²) >= 11 is 0. The highest BCUT2D eigenvalue weighted by Gasteiger charge is 2.39. The van der Waals surface area contributed by atoms with Crippen LogP contribution in [0.25, 0.3) is 0 Å². The van der Waals surface area contributed by atoms with Crippen LogP contribution in [0, 0.1) is 5.92 Å². The molecule has 0 spiro atoms. The molecule has 3 rings (SSSR count). The van der Waals surface area contributed by atoms with Gasteiger partial charge in [-0.05, 0) is 69.5 Å². The third kappa shape index (κ3) is 12.7. The fourth-order valence-electron chi connectivity index (χ4n) is 5.22. The number of hydrogen-bond acceptors (Lipinski definition) is 5. The zero-order valence-electron chi connectivity index (χ0n) is 27.3.